The molecule has 0 aliphatic rings. The van der Waals surface area contributed by atoms with Gasteiger partial charge < -0.3 is 9.84 Å². The van der Waals surface area contributed by atoms with E-state index in [2.05, 4.69) is 31.9 Å². The Kier molecular flexibility index (Phi) is 6.31. The smallest absolute Gasteiger partial charge is 0.328 e. The quantitative estimate of drug-likeness (QED) is 0.588. The summed E-state index contributed by atoms with van der Waals surface area (Å²) in [5.41, 5.74) is 1.96. The highest BCUT2D eigenvalue weighted by Crippen LogP contribution is 2.35. The van der Waals surface area contributed by atoms with Crippen molar-refractivity contribution in [3.63, 3.8) is 0 Å². The second-order valence-electron chi connectivity index (χ2n) is 4.08. The topological polar surface area (TPSA) is 46.5 Å². The molecule has 0 heterocycles. The minimum atomic E-state index is -0.976. The Morgan fingerprint density at radius 1 is 1.32 bits per heavy atom. The van der Waals surface area contributed by atoms with Gasteiger partial charge in [0, 0.05) is 6.08 Å². The SMILES string of the molecule is CC(C)=CCOc1c(Br)cc(/C=C/C(=O)O)cc1Br. The minimum Gasteiger partial charge on any atom is -0.487 e. The second-order valence-corrected chi connectivity index (χ2v) is 5.79. The first kappa shape index (κ1) is 16.0. The molecule has 1 aromatic rings. The van der Waals surface area contributed by atoms with Crippen LogP contribution in [-0.4, -0.2) is 17.7 Å². The van der Waals surface area contributed by atoms with Gasteiger partial charge in [-0.1, -0.05) is 5.57 Å². The third kappa shape index (κ3) is 5.61. The highest BCUT2D eigenvalue weighted by molar-refractivity contribution is 9.11. The number of ether oxygens (including phenoxy) is 1. The minimum absolute atomic E-state index is 0.490. The van der Waals surface area contributed by atoms with E-state index in [1.165, 1.54) is 11.6 Å². The molecule has 0 fully saturated rings. The van der Waals surface area contributed by atoms with Gasteiger partial charge in [-0.3, -0.25) is 0 Å². The van der Waals surface area contributed by atoms with Crippen LogP contribution in [0.1, 0.15) is 19.4 Å². The van der Waals surface area contributed by atoms with E-state index in [9.17, 15) is 4.79 Å². The van der Waals surface area contributed by atoms with Crippen molar-refractivity contribution in [3.8, 4) is 5.75 Å². The van der Waals surface area contributed by atoms with Crippen molar-refractivity contribution in [2.45, 2.75) is 13.8 Å². The van der Waals surface area contributed by atoms with Crippen molar-refractivity contribution >= 4 is 43.9 Å². The van der Waals surface area contributed by atoms with Crippen molar-refractivity contribution in [1.29, 1.82) is 0 Å². The molecule has 0 saturated carbocycles. The van der Waals surface area contributed by atoms with Gasteiger partial charge >= 0.3 is 5.97 Å². The zero-order valence-electron chi connectivity index (χ0n) is 10.6. The van der Waals surface area contributed by atoms with E-state index < -0.39 is 5.97 Å². The summed E-state index contributed by atoms with van der Waals surface area (Å²) in [6.45, 7) is 4.50. The Labute approximate surface area is 129 Å². The molecule has 19 heavy (non-hydrogen) atoms. The van der Waals surface area contributed by atoms with Gasteiger partial charge in [0.1, 0.15) is 12.4 Å². The van der Waals surface area contributed by atoms with Crippen LogP contribution in [0, 0.1) is 0 Å². The van der Waals surface area contributed by atoms with Crippen LogP contribution in [0.4, 0.5) is 0 Å². The predicted molar refractivity (Wildman–Crippen MR) is 83.4 cm³/mol. The standard InChI is InChI=1S/C14H14Br2O3/c1-9(2)5-6-19-14-11(15)7-10(8-12(14)16)3-4-13(17)18/h3-5,7-8H,6H2,1-2H3,(H,17,18)/b4-3+. The molecule has 0 unspecified atom stereocenters. The van der Waals surface area contributed by atoms with Gasteiger partial charge in [0.05, 0.1) is 8.95 Å². The normalized spacial score (nSPS) is 10.5. The summed E-state index contributed by atoms with van der Waals surface area (Å²) < 4.78 is 7.19. The third-order valence-corrected chi connectivity index (χ3v) is 3.34. The van der Waals surface area contributed by atoms with E-state index in [0.717, 1.165) is 20.6 Å². The zero-order chi connectivity index (χ0) is 14.4. The molecular formula is C14H14Br2O3. The van der Waals surface area contributed by atoms with Crippen LogP contribution in [0.3, 0.4) is 0 Å². The lowest BCUT2D eigenvalue weighted by atomic mass is 10.2. The predicted octanol–water partition coefficient (Wildman–Crippen LogP) is 4.65. The van der Waals surface area contributed by atoms with E-state index in [0.29, 0.717) is 12.4 Å². The second kappa shape index (κ2) is 7.50. The van der Waals surface area contributed by atoms with Crippen molar-refractivity contribution in [2.24, 2.45) is 0 Å². The molecular weight excluding hydrogens is 376 g/mol. The number of carbonyl (C=O) groups is 1. The maximum absolute atomic E-state index is 10.5. The first-order valence-electron chi connectivity index (χ1n) is 5.56. The van der Waals surface area contributed by atoms with E-state index in [4.69, 9.17) is 9.84 Å². The molecule has 0 bridgehead atoms. The molecule has 0 aromatic heterocycles. The molecule has 0 radical (unpaired) electrons. The Hall–Kier alpha value is -1.07. The number of benzene rings is 1. The Balaban J connectivity index is 2.91. The van der Waals surface area contributed by atoms with Crippen LogP contribution in [0.2, 0.25) is 0 Å². The van der Waals surface area contributed by atoms with E-state index >= 15 is 0 Å². The fourth-order valence-corrected chi connectivity index (χ4v) is 2.72. The van der Waals surface area contributed by atoms with Crippen LogP contribution in [0.25, 0.3) is 6.08 Å². The molecule has 0 spiro atoms. The molecule has 1 N–H and O–H groups in total. The van der Waals surface area contributed by atoms with Gasteiger partial charge in [-0.05, 0) is 75.6 Å². The molecule has 102 valence electrons. The monoisotopic (exact) mass is 388 g/mol. The lowest BCUT2D eigenvalue weighted by Gasteiger charge is -2.10. The van der Waals surface area contributed by atoms with Crippen LogP contribution in [-0.2, 0) is 4.79 Å². The average Bonchev–Trinajstić information content (AvgIpc) is 2.29. The van der Waals surface area contributed by atoms with Gasteiger partial charge in [-0.2, -0.15) is 0 Å². The molecule has 1 aromatic carbocycles. The molecule has 5 heteroatoms. The van der Waals surface area contributed by atoms with E-state index in [1.807, 2.05) is 32.1 Å². The van der Waals surface area contributed by atoms with Gasteiger partial charge in [0.25, 0.3) is 0 Å². The van der Waals surface area contributed by atoms with Gasteiger partial charge in [-0.15, -0.1) is 0 Å². The number of halogens is 2. The third-order valence-electron chi connectivity index (χ3n) is 2.16. The van der Waals surface area contributed by atoms with Crippen LogP contribution in [0.5, 0.6) is 5.75 Å². The van der Waals surface area contributed by atoms with E-state index in [-0.39, 0.29) is 0 Å². The van der Waals surface area contributed by atoms with Crippen LogP contribution in [0.15, 0.2) is 38.8 Å². The maximum Gasteiger partial charge on any atom is 0.328 e. The molecule has 0 amide bonds. The highest BCUT2D eigenvalue weighted by Gasteiger charge is 2.07. The van der Waals surface area contributed by atoms with Crippen LogP contribution < -0.4 is 4.74 Å². The van der Waals surface area contributed by atoms with E-state index in [1.54, 1.807) is 0 Å². The van der Waals surface area contributed by atoms with Crippen LogP contribution >= 0.6 is 31.9 Å². The summed E-state index contributed by atoms with van der Waals surface area (Å²) in [5.74, 6) is -0.277. The fourth-order valence-electron chi connectivity index (χ4n) is 1.27. The number of carboxylic acid groups (broad SMARTS) is 1. The number of hydrogen-bond acceptors (Lipinski definition) is 2. The van der Waals surface area contributed by atoms with Crippen molar-refractivity contribution in [2.75, 3.05) is 6.61 Å². The Morgan fingerprint density at radius 3 is 2.37 bits per heavy atom. The van der Waals surface area contributed by atoms with Crippen molar-refractivity contribution in [3.05, 3.63) is 44.4 Å². The highest BCUT2D eigenvalue weighted by atomic mass is 79.9. The number of carboxylic acids is 1. The summed E-state index contributed by atoms with van der Waals surface area (Å²) >= 11 is 6.83. The molecule has 1 rings (SSSR count). The summed E-state index contributed by atoms with van der Waals surface area (Å²) in [6.07, 6.45) is 4.60. The van der Waals surface area contributed by atoms with Gasteiger partial charge in [0.15, 0.2) is 0 Å². The summed E-state index contributed by atoms with van der Waals surface area (Å²) in [7, 11) is 0. The first-order chi connectivity index (χ1) is 8.90. The summed E-state index contributed by atoms with van der Waals surface area (Å²) in [6, 6.07) is 3.62. The molecule has 0 atom stereocenters. The zero-order valence-corrected chi connectivity index (χ0v) is 13.8. The molecule has 0 saturated heterocycles. The largest absolute Gasteiger partial charge is 0.487 e. The average molecular weight is 390 g/mol. The van der Waals surface area contributed by atoms with Crippen molar-refractivity contribution < 1.29 is 14.6 Å². The number of rotatable bonds is 5. The number of hydrogen-bond donors (Lipinski definition) is 1. The molecule has 3 nitrogen and oxygen atoms in total. The lowest BCUT2D eigenvalue weighted by molar-refractivity contribution is -0.131. The maximum atomic E-state index is 10.5. The summed E-state index contributed by atoms with van der Waals surface area (Å²) in [4.78, 5) is 10.5. The number of allylic oxidation sites excluding steroid dienone is 1. The van der Waals surface area contributed by atoms with Crippen molar-refractivity contribution in [1.82, 2.24) is 0 Å². The summed E-state index contributed by atoms with van der Waals surface area (Å²) in [5, 5.41) is 8.59. The van der Waals surface area contributed by atoms with Gasteiger partial charge in [0.2, 0.25) is 0 Å². The molecule has 0 aliphatic heterocycles. The Morgan fingerprint density at radius 2 is 1.89 bits per heavy atom. The molecule has 0 aliphatic carbocycles. The lowest BCUT2D eigenvalue weighted by Crippen LogP contribution is -1.96. The Bertz CT molecular complexity index is 506. The first-order valence-corrected chi connectivity index (χ1v) is 7.15. The fraction of sp³-hybridized carbons (Fsp3) is 0.214. The van der Waals surface area contributed by atoms with Gasteiger partial charge in [-0.25, -0.2) is 4.79 Å². The number of aliphatic carboxylic acids is 1.